The van der Waals surface area contributed by atoms with Crippen LogP contribution in [0.2, 0.25) is 0 Å². The highest BCUT2D eigenvalue weighted by Crippen LogP contribution is 2.30. The molecule has 94 valence electrons. The molecule has 0 spiro atoms. The zero-order chi connectivity index (χ0) is 13.3. The highest BCUT2D eigenvalue weighted by atomic mass is 19.3. The van der Waals surface area contributed by atoms with Gasteiger partial charge < -0.3 is 5.73 Å². The molecule has 2 N–H and O–H groups in total. The first kappa shape index (κ1) is 12.3. The largest absolute Gasteiger partial charge is 0.396 e. The van der Waals surface area contributed by atoms with Crippen molar-refractivity contribution in [2.45, 2.75) is 12.8 Å². The lowest BCUT2D eigenvalue weighted by atomic mass is 10.2. The predicted molar refractivity (Wildman–Crippen MR) is 59.2 cm³/mol. The molecule has 0 aromatic carbocycles. The van der Waals surface area contributed by atoms with Crippen LogP contribution in [0.1, 0.15) is 12.6 Å². The van der Waals surface area contributed by atoms with Crippen molar-refractivity contribution in [2.75, 3.05) is 5.73 Å². The summed E-state index contributed by atoms with van der Waals surface area (Å²) in [5, 5.41) is 0. The summed E-state index contributed by atoms with van der Waals surface area (Å²) in [6.45, 7) is 0.680. The van der Waals surface area contributed by atoms with Gasteiger partial charge in [-0.05, 0) is 6.07 Å². The third-order valence-corrected chi connectivity index (χ3v) is 2.20. The van der Waals surface area contributed by atoms with E-state index in [4.69, 9.17) is 5.73 Å². The van der Waals surface area contributed by atoms with Gasteiger partial charge >= 0.3 is 0 Å². The van der Waals surface area contributed by atoms with Crippen molar-refractivity contribution in [1.29, 1.82) is 0 Å². The minimum absolute atomic E-state index is 0.0484. The average Bonchev–Trinajstić information content (AvgIpc) is 2.28. The van der Waals surface area contributed by atoms with Gasteiger partial charge in [-0.3, -0.25) is 4.98 Å². The molecule has 0 radical (unpaired) electrons. The minimum Gasteiger partial charge on any atom is -0.396 e. The summed E-state index contributed by atoms with van der Waals surface area (Å²) < 4.78 is 39.4. The van der Waals surface area contributed by atoms with Crippen molar-refractivity contribution in [3.63, 3.8) is 0 Å². The van der Waals surface area contributed by atoms with Gasteiger partial charge in [0, 0.05) is 18.7 Å². The summed E-state index contributed by atoms with van der Waals surface area (Å²) in [4.78, 5) is 11.1. The Bertz CT molecular complexity index is 581. The molecule has 0 saturated heterocycles. The van der Waals surface area contributed by atoms with Crippen LogP contribution in [0.25, 0.3) is 11.4 Å². The van der Waals surface area contributed by atoms with Gasteiger partial charge in [-0.1, -0.05) is 0 Å². The van der Waals surface area contributed by atoms with Crippen molar-refractivity contribution in [3.05, 3.63) is 36.2 Å². The topological polar surface area (TPSA) is 64.7 Å². The molecule has 18 heavy (non-hydrogen) atoms. The predicted octanol–water partition coefficient (Wildman–Crippen LogP) is 2.37. The number of nitrogen functional groups attached to an aromatic ring is 1. The van der Waals surface area contributed by atoms with Crippen LogP contribution >= 0.6 is 0 Å². The van der Waals surface area contributed by atoms with E-state index in [-0.39, 0.29) is 17.1 Å². The monoisotopic (exact) mass is 254 g/mol. The lowest BCUT2D eigenvalue weighted by molar-refractivity contribution is 0.0136. The quantitative estimate of drug-likeness (QED) is 0.893. The van der Waals surface area contributed by atoms with Gasteiger partial charge in [0.15, 0.2) is 5.82 Å². The van der Waals surface area contributed by atoms with Crippen LogP contribution in [0.3, 0.4) is 0 Å². The van der Waals surface area contributed by atoms with Gasteiger partial charge in [0.25, 0.3) is 5.92 Å². The second-order valence-electron chi connectivity index (χ2n) is 3.78. The van der Waals surface area contributed by atoms with Crippen molar-refractivity contribution in [2.24, 2.45) is 0 Å². The number of hydrogen-bond acceptors (Lipinski definition) is 4. The number of nitrogens with two attached hydrogens (primary N) is 1. The maximum absolute atomic E-state index is 13.2. The molecule has 0 aliphatic rings. The van der Waals surface area contributed by atoms with E-state index in [1.807, 2.05) is 0 Å². The first-order valence-corrected chi connectivity index (χ1v) is 4.99. The zero-order valence-electron chi connectivity index (χ0n) is 9.36. The van der Waals surface area contributed by atoms with Gasteiger partial charge in [-0.2, -0.15) is 8.78 Å². The first-order chi connectivity index (χ1) is 8.38. The number of nitrogens with zero attached hydrogens (tertiary/aromatic N) is 3. The molecule has 2 heterocycles. The fraction of sp³-hybridized carbons (Fsp3) is 0.182. The van der Waals surface area contributed by atoms with Crippen LogP contribution in [0.15, 0.2) is 24.7 Å². The zero-order valence-corrected chi connectivity index (χ0v) is 9.36. The Labute approximate surface area is 101 Å². The van der Waals surface area contributed by atoms with Gasteiger partial charge in [-0.15, -0.1) is 0 Å². The van der Waals surface area contributed by atoms with E-state index in [1.165, 1.54) is 6.20 Å². The summed E-state index contributed by atoms with van der Waals surface area (Å²) >= 11 is 0. The van der Waals surface area contributed by atoms with Crippen molar-refractivity contribution < 1.29 is 13.2 Å². The minimum atomic E-state index is -3.19. The highest BCUT2D eigenvalue weighted by Gasteiger charge is 2.29. The van der Waals surface area contributed by atoms with E-state index in [0.29, 0.717) is 6.92 Å². The van der Waals surface area contributed by atoms with E-state index in [0.717, 1.165) is 18.5 Å². The third-order valence-electron chi connectivity index (χ3n) is 2.20. The molecule has 2 aromatic heterocycles. The lowest BCUT2D eigenvalue weighted by Crippen LogP contribution is -2.14. The third kappa shape index (κ3) is 2.39. The molecule has 0 bridgehead atoms. The Morgan fingerprint density at radius 3 is 2.56 bits per heavy atom. The Morgan fingerprint density at radius 2 is 1.94 bits per heavy atom. The van der Waals surface area contributed by atoms with Crippen LogP contribution in [-0.4, -0.2) is 15.0 Å². The van der Waals surface area contributed by atoms with Crippen molar-refractivity contribution in [3.8, 4) is 11.4 Å². The normalized spacial score (nSPS) is 11.6. The molecule has 0 aliphatic heterocycles. The number of rotatable bonds is 2. The molecule has 7 heteroatoms. The van der Waals surface area contributed by atoms with Gasteiger partial charge in [0.1, 0.15) is 11.5 Å². The summed E-state index contributed by atoms with van der Waals surface area (Å²) in [6.07, 6.45) is 3.35. The number of anilines is 1. The van der Waals surface area contributed by atoms with E-state index < -0.39 is 17.4 Å². The van der Waals surface area contributed by atoms with E-state index >= 15 is 0 Å². The van der Waals surface area contributed by atoms with Crippen LogP contribution in [-0.2, 0) is 5.92 Å². The van der Waals surface area contributed by atoms with Crippen LogP contribution < -0.4 is 5.73 Å². The molecule has 0 amide bonds. The molecular weight excluding hydrogens is 245 g/mol. The fourth-order valence-corrected chi connectivity index (χ4v) is 1.42. The molecule has 2 rings (SSSR count). The molecule has 0 unspecified atom stereocenters. The van der Waals surface area contributed by atoms with Crippen molar-refractivity contribution in [1.82, 2.24) is 15.0 Å². The maximum Gasteiger partial charge on any atom is 0.289 e. The van der Waals surface area contributed by atoms with Crippen molar-refractivity contribution >= 4 is 5.69 Å². The second kappa shape index (κ2) is 4.25. The Morgan fingerprint density at radius 1 is 1.22 bits per heavy atom. The number of aromatic nitrogens is 3. The second-order valence-corrected chi connectivity index (χ2v) is 3.78. The smallest absolute Gasteiger partial charge is 0.289 e. The van der Waals surface area contributed by atoms with Crippen LogP contribution in [0.5, 0.6) is 0 Å². The molecule has 4 nitrogen and oxygen atoms in total. The molecule has 0 aliphatic carbocycles. The van der Waals surface area contributed by atoms with Gasteiger partial charge in [0.2, 0.25) is 0 Å². The standard InChI is InChI=1S/C11H9F3N4/c1-11(13,14)9-8(15)5-17-10(18-9)6-2-7(12)4-16-3-6/h2-5H,15H2,1H3. The number of halogens is 3. The summed E-state index contributed by atoms with van der Waals surface area (Å²) in [7, 11) is 0. The Hall–Kier alpha value is -2.18. The molecular formula is C11H9F3N4. The highest BCUT2D eigenvalue weighted by molar-refractivity contribution is 5.56. The average molecular weight is 254 g/mol. The maximum atomic E-state index is 13.2. The SMILES string of the molecule is CC(F)(F)c1nc(-c2cncc(F)c2)ncc1N. The molecule has 0 fully saturated rings. The Balaban J connectivity index is 2.54. The molecule has 2 aromatic rings. The van der Waals surface area contributed by atoms with E-state index in [9.17, 15) is 13.2 Å². The van der Waals surface area contributed by atoms with Gasteiger partial charge in [-0.25, -0.2) is 14.4 Å². The van der Waals surface area contributed by atoms with Crippen LogP contribution in [0, 0.1) is 5.82 Å². The number of hydrogen-bond donors (Lipinski definition) is 1. The van der Waals surface area contributed by atoms with Crippen LogP contribution in [0.4, 0.5) is 18.9 Å². The fourth-order valence-electron chi connectivity index (χ4n) is 1.42. The summed E-state index contributed by atoms with van der Waals surface area (Å²) in [6, 6.07) is 1.11. The summed E-state index contributed by atoms with van der Waals surface area (Å²) in [5.41, 5.74) is 4.80. The molecule has 0 saturated carbocycles. The Kier molecular flexibility index (Phi) is 2.90. The number of pyridine rings is 1. The molecule has 0 atom stereocenters. The lowest BCUT2D eigenvalue weighted by Gasteiger charge is -2.12. The first-order valence-electron chi connectivity index (χ1n) is 4.99. The number of alkyl halides is 2. The van der Waals surface area contributed by atoms with E-state index in [1.54, 1.807) is 0 Å². The summed E-state index contributed by atoms with van der Waals surface area (Å²) in [5.74, 6) is -3.84. The van der Waals surface area contributed by atoms with Gasteiger partial charge in [0.05, 0.1) is 18.1 Å². The van der Waals surface area contributed by atoms with E-state index in [2.05, 4.69) is 15.0 Å².